The molecule has 8 heteroatoms. The van der Waals surface area contributed by atoms with Crippen LogP contribution in [0, 0.1) is 0 Å². The van der Waals surface area contributed by atoms with Crippen LogP contribution in [0.2, 0.25) is 10.0 Å². The number of ether oxygens (including phenoxy) is 1. The molecule has 0 aliphatic heterocycles. The molecule has 0 N–H and O–H groups in total. The molecular formula is C13H13Cl2N3O2S. The first-order valence-corrected chi connectivity index (χ1v) is 7.62. The molecule has 112 valence electrons. The van der Waals surface area contributed by atoms with Gasteiger partial charge in [-0.25, -0.2) is 4.79 Å². The Kier molecular flexibility index (Phi) is 5.03. The maximum atomic E-state index is 12.0. The molecule has 2 aromatic rings. The van der Waals surface area contributed by atoms with Crippen molar-refractivity contribution in [3.8, 4) is 17.1 Å². The number of hydrogen-bond acceptors (Lipinski definition) is 5. The molecule has 0 aliphatic carbocycles. The Bertz CT molecular complexity index is 640. The third-order valence-corrected chi connectivity index (χ3v) is 4.05. The average molecular weight is 346 g/mol. The number of carbonyl (C=O) groups is 1. The number of halogens is 2. The largest absolute Gasteiger partial charge is 0.416 e. The van der Waals surface area contributed by atoms with E-state index in [4.69, 9.17) is 27.9 Å². The van der Waals surface area contributed by atoms with Crippen molar-refractivity contribution in [2.24, 2.45) is 0 Å². The molecule has 0 bridgehead atoms. The fraction of sp³-hybridized carbons (Fsp3) is 0.308. The molecule has 1 aromatic heterocycles. The number of carbonyl (C=O) groups excluding carboxylic acids is 1. The molecule has 5 nitrogen and oxygen atoms in total. The minimum Gasteiger partial charge on any atom is -0.388 e. The van der Waals surface area contributed by atoms with Gasteiger partial charge in [-0.05, 0) is 26.0 Å². The number of amides is 1. The van der Waals surface area contributed by atoms with Crippen LogP contribution in [-0.2, 0) is 0 Å². The highest BCUT2D eigenvalue weighted by Crippen LogP contribution is 2.38. The monoisotopic (exact) mass is 345 g/mol. The first-order chi connectivity index (χ1) is 9.91. The summed E-state index contributed by atoms with van der Waals surface area (Å²) in [6.07, 6.45) is -0.512. The predicted octanol–water partition coefficient (Wildman–Crippen LogP) is 4.35. The second-order valence-electron chi connectivity index (χ2n) is 4.59. The first-order valence-electron chi connectivity index (χ1n) is 6.13. The maximum absolute atomic E-state index is 12.0. The van der Waals surface area contributed by atoms with Gasteiger partial charge in [0.05, 0.1) is 21.8 Å². The molecule has 1 amide bonds. The summed E-state index contributed by atoms with van der Waals surface area (Å²) in [5.41, 5.74) is 0.866. The fourth-order valence-electron chi connectivity index (χ4n) is 1.49. The molecule has 1 heterocycles. The normalized spacial score (nSPS) is 10.8. The first kappa shape index (κ1) is 16.0. The van der Waals surface area contributed by atoms with Gasteiger partial charge in [0.25, 0.3) is 5.88 Å². The molecule has 0 atom stereocenters. The average Bonchev–Trinajstić information content (AvgIpc) is 2.85. The van der Waals surface area contributed by atoms with Crippen LogP contribution >= 0.6 is 34.9 Å². The molecule has 0 fully saturated rings. The van der Waals surface area contributed by atoms with Gasteiger partial charge in [0.15, 0.2) is 5.69 Å². The highest BCUT2D eigenvalue weighted by atomic mass is 35.5. The SMILES string of the molecule is CC(C)N(C)C(=O)Oc1nsnc1-c1c(Cl)cccc1Cl. The topological polar surface area (TPSA) is 55.3 Å². The third-order valence-electron chi connectivity index (χ3n) is 2.90. The summed E-state index contributed by atoms with van der Waals surface area (Å²) in [4.78, 5) is 13.4. The molecule has 21 heavy (non-hydrogen) atoms. The Labute approximate surface area is 136 Å². The van der Waals surface area contributed by atoms with Crippen LogP contribution in [0.3, 0.4) is 0 Å². The van der Waals surface area contributed by atoms with E-state index in [0.29, 0.717) is 21.3 Å². The van der Waals surface area contributed by atoms with E-state index in [-0.39, 0.29) is 11.9 Å². The molecule has 2 rings (SSSR count). The van der Waals surface area contributed by atoms with Gasteiger partial charge >= 0.3 is 6.09 Å². The molecular weight excluding hydrogens is 333 g/mol. The summed E-state index contributed by atoms with van der Waals surface area (Å²) in [6, 6.07) is 5.12. The van der Waals surface area contributed by atoms with Gasteiger partial charge in [-0.15, -0.1) is 4.37 Å². The summed E-state index contributed by atoms with van der Waals surface area (Å²) in [5, 5.41) is 0.842. The van der Waals surface area contributed by atoms with E-state index in [1.54, 1.807) is 25.2 Å². The second-order valence-corrected chi connectivity index (χ2v) is 5.93. The summed E-state index contributed by atoms with van der Waals surface area (Å²) in [5.74, 6) is 0.104. The molecule has 0 saturated carbocycles. The Morgan fingerprint density at radius 2 is 1.90 bits per heavy atom. The van der Waals surface area contributed by atoms with Crippen molar-refractivity contribution in [1.29, 1.82) is 0 Å². The van der Waals surface area contributed by atoms with Crippen LogP contribution in [-0.4, -0.2) is 32.8 Å². The van der Waals surface area contributed by atoms with E-state index in [2.05, 4.69) is 8.75 Å². The van der Waals surface area contributed by atoms with Crippen molar-refractivity contribution in [1.82, 2.24) is 13.6 Å². The van der Waals surface area contributed by atoms with E-state index in [1.165, 1.54) is 4.90 Å². The smallest absolute Gasteiger partial charge is 0.388 e. The van der Waals surface area contributed by atoms with Gasteiger partial charge < -0.3 is 9.64 Å². The number of aromatic nitrogens is 2. The van der Waals surface area contributed by atoms with Gasteiger partial charge in [-0.2, -0.15) is 4.37 Å². The van der Waals surface area contributed by atoms with Crippen molar-refractivity contribution in [3.05, 3.63) is 28.2 Å². The van der Waals surface area contributed by atoms with Crippen LogP contribution in [0.5, 0.6) is 5.88 Å². The summed E-state index contributed by atoms with van der Waals surface area (Å²) in [6.45, 7) is 3.76. The van der Waals surface area contributed by atoms with Crippen molar-refractivity contribution < 1.29 is 9.53 Å². The zero-order valence-electron chi connectivity index (χ0n) is 11.6. The van der Waals surface area contributed by atoms with E-state index >= 15 is 0 Å². The second kappa shape index (κ2) is 6.60. The van der Waals surface area contributed by atoms with Gasteiger partial charge in [0.2, 0.25) is 0 Å². The van der Waals surface area contributed by atoms with Crippen molar-refractivity contribution in [2.75, 3.05) is 7.05 Å². The molecule has 0 aliphatic rings. The van der Waals surface area contributed by atoms with Gasteiger partial charge in [0.1, 0.15) is 0 Å². The zero-order valence-corrected chi connectivity index (χ0v) is 14.0. The van der Waals surface area contributed by atoms with Crippen molar-refractivity contribution in [2.45, 2.75) is 19.9 Å². The molecule has 0 radical (unpaired) electrons. The standard InChI is InChI=1S/C13H13Cl2N3O2S/c1-7(2)18(3)13(19)20-12-11(16-21-17-12)10-8(14)5-4-6-9(10)15/h4-7H,1-3H3. The number of rotatable bonds is 3. The van der Waals surface area contributed by atoms with Gasteiger partial charge in [-0.3, -0.25) is 0 Å². The van der Waals surface area contributed by atoms with Gasteiger partial charge in [0, 0.05) is 18.7 Å². The summed E-state index contributed by atoms with van der Waals surface area (Å²) >= 11 is 13.2. The van der Waals surface area contributed by atoms with E-state index in [0.717, 1.165) is 11.7 Å². The lowest BCUT2D eigenvalue weighted by Crippen LogP contribution is -2.35. The van der Waals surface area contributed by atoms with E-state index < -0.39 is 6.09 Å². The highest BCUT2D eigenvalue weighted by molar-refractivity contribution is 6.99. The van der Waals surface area contributed by atoms with Crippen LogP contribution in [0.15, 0.2) is 18.2 Å². The predicted molar refractivity (Wildman–Crippen MR) is 84.3 cm³/mol. The third kappa shape index (κ3) is 3.45. The molecule has 1 aromatic carbocycles. The number of benzene rings is 1. The Balaban J connectivity index is 2.34. The lowest BCUT2D eigenvalue weighted by atomic mass is 10.1. The van der Waals surface area contributed by atoms with E-state index in [1.807, 2.05) is 13.8 Å². The van der Waals surface area contributed by atoms with E-state index in [9.17, 15) is 4.79 Å². The van der Waals surface area contributed by atoms with Crippen LogP contribution < -0.4 is 4.74 Å². The lowest BCUT2D eigenvalue weighted by Gasteiger charge is -2.19. The van der Waals surface area contributed by atoms with Crippen molar-refractivity contribution >= 4 is 41.0 Å². The highest BCUT2D eigenvalue weighted by Gasteiger charge is 2.22. The minimum atomic E-state index is -0.512. The van der Waals surface area contributed by atoms with Crippen molar-refractivity contribution in [3.63, 3.8) is 0 Å². The Morgan fingerprint density at radius 1 is 1.29 bits per heavy atom. The zero-order chi connectivity index (χ0) is 15.6. The summed E-state index contributed by atoms with van der Waals surface area (Å²) in [7, 11) is 1.65. The molecule has 0 unspecified atom stereocenters. The Hall–Kier alpha value is -1.37. The number of hydrogen-bond donors (Lipinski definition) is 0. The van der Waals surface area contributed by atoms with Crippen LogP contribution in [0.4, 0.5) is 4.79 Å². The fourth-order valence-corrected chi connectivity index (χ4v) is 2.56. The number of nitrogens with zero attached hydrogens (tertiary/aromatic N) is 3. The minimum absolute atomic E-state index is 0.0106. The van der Waals surface area contributed by atoms with Crippen LogP contribution in [0.1, 0.15) is 13.8 Å². The molecule has 0 spiro atoms. The Morgan fingerprint density at radius 3 is 2.48 bits per heavy atom. The van der Waals surface area contributed by atoms with Gasteiger partial charge in [-0.1, -0.05) is 29.3 Å². The summed E-state index contributed by atoms with van der Waals surface area (Å²) < 4.78 is 13.4. The van der Waals surface area contributed by atoms with Crippen LogP contribution in [0.25, 0.3) is 11.3 Å². The quantitative estimate of drug-likeness (QED) is 0.829. The lowest BCUT2D eigenvalue weighted by molar-refractivity contribution is 0.151. The molecule has 0 saturated heterocycles. The maximum Gasteiger partial charge on any atom is 0.416 e.